The Balaban J connectivity index is 0.000000396. The predicted molar refractivity (Wildman–Crippen MR) is 98.2 cm³/mol. The third kappa shape index (κ3) is 6.66. The number of anilines is 1. The molecule has 3 rings (SSSR count). The molecule has 0 bridgehead atoms. The molecule has 1 fully saturated rings. The molecule has 0 atom stereocenters. The van der Waals surface area contributed by atoms with Gasteiger partial charge in [-0.2, -0.15) is 18.4 Å². The van der Waals surface area contributed by atoms with Gasteiger partial charge in [0.15, 0.2) is 11.5 Å². The second-order valence-electron chi connectivity index (χ2n) is 6.54. The molecule has 0 amide bonds. The van der Waals surface area contributed by atoms with Crippen molar-refractivity contribution in [2.24, 2.45) is 5.92 Å². The second kappa shape index (κ2) is 10.5. The molecule has 0 saturated carbocycles. The molecule has 0 unspecified atom stereocenters. The van der Waals surface area contributed by atoms with E-state index in [1.54, 1.807) is 12.4 Å². The zero-order valence-corrected chi connectivity index (χ0v) is 16.2. The molecule has 2 aromatic rings. The highest BCUT2D eigenvalue weighted by molar-refractivity contribution is 5.73. The van der Waals surface area contributed by atoms with Crippen molar-refractivity contribution in [1.82, 2.24) is 30.3 Å². The predicted octanol–water partition coefficient (Wildman–Crippen LogP) is 1.21. The maximum atomic E-state index is 10.6. The number of aliphatic carboxylic acids is 1. The van der Waals surface area contributed by atoms with Gasteiger partial charge in [0, 0.05) is 44.8 Å². The summed E-state index contributed by atoms with van der Waals surface area (Å²) >= 11 is 0. The van der Waals surface area contributed by atoms with Crippen LogP contribution < -0.4 is 10.2 Å². The van der Waals surface area contributed by atoms with Crippen molar-refractivity contribution in [2.45, 2.75) is 32.1 Å². The first kappa shape index (κ1) is 23.0. The summed E-state index contributed by atoms with van der Waals surface area (Å²) in [5, 5.41) is 27.7. The van der Waals surface area contributed by atoms with E-state index in [9.17, 15) is 13.2 Å². The van der Waals surface area contributed by atoms with E-state index in [1.807, 2.05) is 17.9 Å². The monoisotopic (exact) mass is 426 g/mol. The standard InChI is InChI=1S/C15H20N8.C2HF3O2/c1-17-9-13-11-23(21-20-13)10-12-2-6-22(7-3-12)15-14(8-16)18-4-5-19-15;3-2(4,5)1(6)7/h4-5,11-12,17H,2-3,6-7,9-10H2,1H3;(H,6,7). The zero-order chi connectivity index (χ0) is 22.1. The van der Waals surface area contributed by atoms with Gasteiger partial charge in [0.25, 0.3) is 0 Å². The lowest BCUT2D eigenvalue weighted by Gasteiger charge is -2.32. The minimum Gasteiger partial charge on any atom is -0.475 e. The number of nitriles is 1. The van der Waals surface area contributed by atoms with E-state index >= 15 is 0 Å². The summed E-state index contributed by atoms with van der Waals surface area (Å²) in [7, 11) is 1.90. The molecule has 10 nitrogen and oxygen atoms in total. The van der Waals surface area contributed by atoms with Crippen LogP contribution in [0.4, 0.5) is 19.0 Å². The normalized spacial score (nSPS) is 14.6. The number of hydrogen-bond donors (Lipinski definition) is 2. The summed E-state index contributed by atoms with van der Waals surface area (Å²) in [6.45, 7) is 3.39. The molecule has 13 heteroatoms. The van der Waals surface area contributed by atoms with Crippen molar-refractivity contribution in [1.29, 1.82) is 5.26 Å². The van der Waals surface area contributed by atoms with Gasteiger partial charge in [-0.25, -0.2) is 14.8 Å². The first-order valence-electron chi connectivity index (χ1n) is 9.04. The maximum absolute atomic E-state index is 10.6. The summed E-state index contributed by atoms with van der Waals surface area (Å²) in [5.41, 5.74) is 1.36. The summed E-state index contributed by atoms with van der Waals surface area (Å²) in [6, 6.07) is 2.12. The number of carbonyl (C=O) groups is 1. The minimum atomic E-state index is -5.08. The molecule has 2 N–H and O–H groups in total. The van der Waals surface area contributed by atoms with E-state index in [0.717, 1.165) is 44.7 Å². The van der Waals surface area contributed by atoms with Crippen molar-refractivity contribution in [3.8, 4) is 6.07 Å². The number of alkyl halides is 3. The smallest absolute Gasteiger partial charge is 0.475 e. The topological polar surface area (TPSA) is 133 Å². The maximum Gasteiger partial charge on any atom is 0.490 e. The van der Waals surface area contributed by atoms with Crippen LogP contribution in [-0.2, 0) is 17.9 Å². The Hall–Kier alpha value is -3.27. The summed E-state index contributed by atoms with van der Waals surface area (Å²) in [4.78, 5) is 19.4. The Morgan fingerprint density at radius 1 is 1.33 bits per heavy atom. The summed E-state index contributed by atoms with van der Waals surface area (Å²) < 4.78 is 33.7. The van der Waals surface area contributed by atoms with Crippen LogP contribution in [0.25, 0.3) is 0 Å². The second-order valence-corrected chi connectivity index (χ2v) is 6.54. The number of hydrogen-bond acceptors (Lipinski definition) is 8. The fourth-order valence-corrected chi connectivity index (χ4v) is 2.92. The fourth-order valence-electron chi connectivity index (χ4n) is 2.92. The number of rotatable bonds is 5. The number of carboxylic acid groups (broad SMARTS) is 1. The first-order valence-corrected chi connectivity index (χ1v) is 9.04. The van der Waals surface area contributed by atoms with Gasteiger partial charge in [0.2, 0.25) is 0 Å². The molecular weight excluding hydrogens is 405 g/mol. The molecule has 162 valence electrons. The number of nitrogens with one attached hydrogen (secondary N) is 1. The van der Waals surface area contributed by atoms with Crippen molar-refractivity contribution < 1.29 is 23.1 Å². The van der Waals surface area contributed by atoms with Crippen molar-refractivity contribution in [3.05, 3.63) is 30.0 Å². The van der Waals surface area contributed by atoms with E-state index in [4.69, 9.17) is 15.2 Å². The van der Waals surface area contributed by atoms with Gasteiger partial charge in [0.05, 0.1) is 5.69 Å². The summed E-state index contributed by atoms with van der Waals surface area (Å²) in [5.74, 6) is -1.49. The highest BCUT2D eigenvalue weighted by atomic mass is 19.4. The molecule has 3 heterocycles. The van der Waals surface area contributed by atoms with Crippen LogP contribution in [0, 0.1) is 17.2 Å². The van der Waals surface area contributed by atoms with E-state index in [1.165, 1.54) is 0 Å². The molecule has 1 aliphatic rings. The number of piperidine rings is 1. The SMILES string of the molecule is CNCc1cn(CC2CCN(c3nccnc3C#N)CC2)nn1.O=C(O)C(F)(F)F. The summed E-state index contributed by atoms with van der Waals surface area (Å²) in [6.07, 6.45) is 2.20. The van der Waals surface area contributed by atoms with Crippen LogP contribution in [0.5, 0.6) is 0 Å². The molecule has 0 spiro atoms. The molecule has 2 aromatic heterocycles. The van der Waals surface area contributed by atoms with Crippen LogP contribution in [-0.4, -0.2) is 62.4 Å². The molecule has 0 aromatic carbocycles. The van der Waals surface area contributed by atoms with Crippen molar-refractivity contribution in [3.63, 3.8) is 0 Å². The van der Waals surface area contributed by atoms with Gasteiger partial charge in [0.1, 0.15) is 6.07 Å². The Kier molecular flexibility index (Phi) is 8.05. The van der Waals surface area contributed by atoms with E-state index in [2.05, 4.69) is 36.6 Å². The third-order valence-corrected chi connectivity index (χ3v) is 4.33. The average molecular weight is 426 g/mol. The Bertz CT molecular complexity index is 872. The van der Waals surface area contributed by atoms with Crippen LogP contribution in [0.2, 0.25) is 0 Å². The van der Waals surface area contributed by atoms with E-state index in [0.29, 0.717) is 17.4 Å². The minimum absolute atomic E-state index is 0.402. The fraction of sp³-hybridized carbons (Fsp3) is 0.529. The lowest BCUT2D eigenvalue weighted by atomic mass is 9.97. The Morgan fingerprint density at radius 2 is 1.97 bits per heavy atom. The van der Waals surface area contributed by atoms with Gasteiger partial charge in [-0.05, 0) is 25.8 Å². The zero-order valence-electron chi connectivity index (χ0n) is 16.2. The molecule has 30 heavy (non-hydrogen) atoms. The molecular formula is C17H21F3N8O2. The molecule has 1 aliphatic heterocycles. The van der Waals surface area contributed by atoms with Gasteiger partial charge in [-0.15, -0.1) is 5.10 Å². The van der Waals surface area contributed by atoms with Crippen molar-refractivity contribution >= 4 is 11.8 Å². The van der Waals surface area contributed by atoms with E-state index < -0.39 is 12.1 Å². The van der Waals surface area contributed by atoms with Crippen molar-refractivity contribution in [2.75, 3.05) is 25.0 Å². The Labute approximate surface area is 170 Å². The first-order chi connectivity index (χ1) is 14.2. The molecule has 0 radical (unpaired) electrons. The van der Waals surface area contributed by atoms with E-state index in [-0.39, 0.29) is 0 Å². The van der Waals surface area contributed by atoms with Crippen LogP contribution in [0.1, 0.15) is 24.2 Å². The largest absolute Gasteiger partial charge is 0.490 e. The number of carboxylic acids is 1. The molecule has 0 aliphatic carbocycles. The number of nitrogens with zero attached hydrogens (tertiary/aromatic N) is 7. The van der Waals surface area contributed by atoms with Gasteiger partial charge in [-0.3, -0.25) is 4.68 Å². The number of aromatic nitrogens is 5. The van der Waals surface area contributed by atoms with Crippen LogP contribution in [0.15, 0.2) is 18.6 Å². The quantitative estimate of drug-likeness (QED) is 0.724. The average Bonchev–Trinajstić information content (AvgIpc) is 3.15. The highest BCUT2D eigenvalue weighted by Gasteiger charge is 2.38. The molecule has 1 saturated heterocycles. The van der Waals surface area contributed by atoms with Crippen LogP contribution in [0.3, 0.4) is 0 Å². The Morgan fingerprint density at radius 3 is 2.53 bits per heavy atom. The lowest BCUT2D eigenvalue weighted by molar-refractivity contribution is -0.192. The lowest BCUT2D eigenvalue weighted by Crippen LogP contribution is -2.36. The third-order valence-electron chi connectivity index (χ3n) is 4.33. The number of halogens is 3. The van der Waals surface area contributed by atoms with Crippen LogP contribution >= 0.6 is 0 Å². The highest BCUT2D eigenvalue weighted by Crippen LogP contribution is 2.24. The van der Waals surface area contributed by atoms with Gasteiger partial charge < -0.3 is 15.3 Å². The van der Waals surface area contributed by atoms with Gasteiger partial charge >= 0.3 is 12.1 Å². The van der Waals surface area contributed by atoms with Gasteiger partial charge in [-0.1, -0.05) is 5.21 Å².